The summed E-state index contributed by atoms with van der Waals surface area (Å²) < 4.78 is 0. The molecule has 2 rings (SSSR count). The summed E-state index contributed by atoms with van der Waals surface area (Å²) in [4.78, 5) is 15.9. The van der Waals surface area contributed by atoms with Gasteiger partial charge >= 0.3 is 0 Å². The lowest BCUT2D eigenvalue weighted by molar-refractivity contribution is -0.121. The van der Waals surface area contributed by atoms with E-state index in [9.17, 15) is 4.79 Å². The summed E-state index contributed by atoms with van der Waals surface area (Å²) in [5, 5.41) is 9.56. The van der Waals surface area contributed by atoms with Crippen LogP contribution in [0.2, 0.25) is 0 Å². The minimum atomic E-state index is 0.0208. The van der Waals surface area contributed by atoms with Gasteiger partial charge in [0.05, 0.1) is 6.54 Å². The minimum Gasteiger partial charge on any atom is -0.349 e. The number of aromatic amines is 1. The van der Waals surface area contributed by atoms with E-state index in [-0.39, 0.29) is 5.91 Å². The van der Waals surface area contributed by atoms with E-state index >= 15 is 0 Å². The van der Waals surface area contributed by atoms with Crippen LogP contribution in [0.5, 0.6) is 0 Å². The zero-order valence-electron chi connectivity index (χ0n) is 12.2. The van der Waals surface area contributed by atoms with Crippen LogP contribution in [0.3, 0.4) is 0 Å². The molecule has 0 saturated carbocycles. The van der Waals surface area contributed by atoms with E-state index in [0.717, 1.165) is 12.2 Å². The van der Waals surface area contributed by atoms with E-state index in [0.29, 0.717) is 18.8 Å². The Kier molecular flexibility index (Phi) is 4.50. The van der Waals surface area contributed by atoms with Crippen LogP contribution in [0, 0.1) is 20.8 Å². The largest absolute Gasteiger partial charge is 0.349 e. The highest BCUT2D eigenvalue weighted by molar-refractivity contribution is 5.76. The maximum absolute atomic E-state index is 11.8. The van der Waals surface area contributed by atoms with Gasteiger partial charge in [-0.1, -0.05) is 23.8 Å². The highest BCUT2D eigenvalue weighted by atomic mass is 16.1. The van der Waals surface area contributed by atoms with Gasteiger partial charge in [0.15, 0.2) is 5.82 Å². The van der Waals surface area contributed by atoms with Crippen molar-refractivity contribution in [2.75, 3.05) is 0 Å². The first-order valence-electron chi connectivity index (χ1n) is 6.75. The minimum absolute atomic E-state index is 0.0208. The summed E-state index contributed by atoms with van der Waals surface area (Å²) in [6, 6.07) is 6.32. The highest BCUT2D eigenvalue weighted by Crippen LogP contribution is 2.12. The molecule has 0 spiro atoms. The topological polar surface area (TPSA) is 70.7 Å². The van der Waals surface area contributed by atoms with Gasteiger partial charge in [0.2, 0.25) is 5.91 Å². The SMILES string of the molecule is Cc1ccc(CCC(=O)NCc2n[nH]c(C)n2)c(C)c1. The van der Waals surface area contributed by atoms with E-state index in [1.165, 1.54) is 16.7 Å². The van der Waals surface area contributed by atoms with Gasteiger partial charge in [0.1, 0.15) is 5.82 Å². The Hall–Kier alpha value is -2.17. The monoisotopic (exact) mass is 272 g/mol. The lowest BCUT2D eigenvalue weighted by Crippen LogP contribution is -2.23. The number of carbonyl (C=O) groups excluding carboxylic acids is 1. The van der Waals surface area contributed by atoms with Gasteiger partial charge in [-0.05, 0) is 38.3 Å². The zero-order valence-corrected chi connectivity index (χ0v) is 12.2. The third-order valence-electron chi connectivity index (χ3n) is 3.21. The van der Waals surface area contributed by atoms with Crippen molar-refractivity contribution in [2.24, 2.45) is 0 Å². The van der Waals surface area contributed by atoms with Gasteiger partial charge in [0.25, 0.3) is 0 Å². The molecule has 5 nitrogen and oxygen atoms in total. The first-order valence-corrected chi connectivity index (χ1v) is 6.75. The quantitative estimate of drug-likeness (QED) is 0.874. The molecule has 1 aromatic carbocycles. The summed E-state index contributed by atoms with van der Waals surface area (Å²) in [5.74, 6) is 1.39. The fraction of sp³-hybridized carbons (Fsp3) is 0.400. The smallest absolute Gasteiger partial charge is 0.220 e. The lowest BCUT2D eigenvalue weighted by Gasteiger charge is -2.07. The molecule has 0 aliphatic carbocycles. The Bertz CT molecular complexity index is 604. The molecule has 20 heavy (non-hydrogen) atoms. The molecule has 2 N–H and O–H groups in total. The number of rotatable bonds is 5. The third-order valence-corrected chi connectivity index (χ3v) is 3.21. The predicted octanol–water partition coefficient (Wildman–Crippen LogP) is 1.98. The van der Waals surface area contributed by atoms with Crippen LogP contribution in [0.4, 0.5) is 0 Å². The Morgan fingerprint density at radius 1 is 1.30 bits per heavy atom. The molecular weight excluding hydrogens is 252 g/mol. The van der Waals surface area contributed by atoms with E-state index in [1.807, 2.05) is 6.92 Å². The fourth-order valence-corrected chi connectivity index (χ4v) is 2.11. The maximum Gasteiger partial charge on any atom is 0.220 e. The number of benzene rings is 1. The molecule has 2 aromatic rings. The summed E-state index contributed by atoms with van der Waals surface area (Å²) in [6.45, 7) is 6.35. The number of H-pyrrole nitrogens is 1. The molecule has 0 radical (unpaired) electrons. The molecule has 1 heterocycles. The van der Waals surface area contributed by atoms with Crippen LogP contribution in [0.25, 0.3) is 0 Å². The van der Waals surface area contributed by atoms with Crippen molar-refractivity contribution in [1.29, 1.82) is 0 Å². The van der Waals surface area contributed by atoms with Crippen LogP contribution in [-0.2, 0) is 17.8 Å². The summed E-state index contributed by atoms with van der Waals surface area (Å²) in [6.07, 6.45) is 1.23. The average molecular weight is 272 g/mol. The number of aromatic nitrogens is 3. The molecule has 1 aromatic heterocycles. The normalized spacial score (nSPS) is 10.6. The van der Waals surface area contributed by atoms with Crippen LogP contribution in [0.15, 0.2) is 18.2 Å². The Balaban J connectivity index is 1.80. The molecular formula is C15H20N4O. The zero-order chi connectivity index (χ0) is 14.5. The van der Waals surface area contributed by atoms with Gasteiger partial charge < -0.3 is 5.32 Å². The highest BCUT2D eigenvalue weighted by Gasteiger charge is 2.06. The molecule has 5 heteroatoms. The first-order chi connectivity index (χ1) is 9.54. The van der Waals surface area contributed by atoms with Crippen molar-refractivity contribution < 1.29 is 4.79 Å². The van der Waals surface area contributed by atoms with Crippen LogP contribution >= 0.6 is 0 Å². The van der Waals surface area contributed by atoms with Crippen LogP contribution in [0.1, 0.15) is 34.8 Å². The molecule has 0 bridgehead atoms. The van der Waals surface area contributed by atoms with Crippen LogP contribution in [-0.4, -0.2) is 21.1 Å². The van der Waals surface area contributed by atoms with E-state index in [1.54, 1.807) is 0 Å². The van der Waals surface area contributed by atoms with Crippen LogP contribution < -0.4 is 5.32 Å². The number of aryl methyl sites for hydroxylation is 4. The molecule has 1 amide bonds. The number of hydrogen-bond donors (Lipinski definition) is 2. The predicted molar refractivity (Wildman–Crippen MR) is 77.2 cm³/mol. The number of nitrogens with zero attached hydrogens (tertiary/aromatic N) is 2. The number of amides is 1. The van der Waals surface area contributed by atoms with Crippen molar-refractivity contribution >= 4 is 5.91 Å². The number of hydrogen-bond acceptors (Lipinski definition) is 3. The molecule has 0 fully saturated rings. The van der Waals surface area contributed by atoms with Gasteiger partial charge in [-0.25, -0.2) is 4.98 Å². The van der Waals surface area contributed by atoms with Crippen molar-refractivity contribution in [3.63, 3.8) is 0 Å². The van der Waals surface area contributed by atoms with Gasteiger partial charge in [-0.2, -0.15) is 5.10 Å². The molecule has 106 valence electrons. The average Bonchev–Trinajstić information content (AvgIpc) is 2.81. The van der Waals surface area contributed by atoms with Gasteiger partial charge in [-0.15, -0.1) is 0 Å². The second-order valence-corrected chi connectivity index (χ2v) is 5.04. The van der Waals surface area contributed by atoms with Crippen molar-refractivity contribution in [3.05, 3.63) is 46.5 Å². The molecule has 0 atom stereocenters. The van der Waals surface area contributed by atoms with Crippen molar-refractivity contribution in [2.45, 2.75) is 40.2 Å². The van der Waals surface area contributed by atoms with Crippen molar-refractivity contribution in [1.82, 2.24) is 20.5 Å². The van der Waals surface area contributed by atoms with Crippen molar-refractivity contribution in [3.8, 4) is 0 Å². The Morgan fingerprint density at radius 3 is 2.75 bits per heavy atom. The summed E-state index contributed by atoms with van der Waals surface area (Å²) in [5.41, 5.74) is 3.71. The molecule has 0 unspecified atom stereocenters. The summed E-state index contributed by atoms with van der Waals surface area (Å²) in [7, 11) is 0. The third kappa shape index (κ3) is 3.91. The second-order valence-electron chi connectivity index (χ2n) is 5.04. The standard InChI is InChI=1S/C15H20N4O/c1-10-4-5-13(11(2)8-10)6-7-15(20)16-9-14-17-12(3)18-19-14/h4-5,8H,6-7,9H2,1-3H3,(H,16,20)(H,17,18,19). The van der Waals surface area contributed by atoms with Gasteiger partial charge in [-0.3, -0.25) is 9.89 Å². The molecule has 0 aliphatic heterocycles. The molecule has 0 aliphatic rings. The van der Waals surface area contributed by atoms with Gasteiger partial charge in [0, 0.05) is 6.42 Å². The summed E-state index contributed by atoms with van der Waals surface area (Å²) >= 11 is 0. The Morgan fingerprint density at radius 2 is 2.10 bits per heavy atom. The lowest BCUT2D eigenvalue weighted by atomic mass is 10.0. The molecule has 0 saturated heterocycles. The number of carbonyl (C=O) groups is 1. The maximum atomic E-state index is 11.8. The van der Waals surface area contributed by atoms with E-state index < -0.39 is 0 Å². The number of nitrogens with one attached hydrogen (secondary N) is 2. The Labute approximate surface area is 118 Å². The van der Waals surface area contributed by atoms with E-state index in [2.05, 4.69) is 52.5 Å². The first kappa shape index (κ1) is 14.2. The van der Waals surface area contributed by atoms with E-state index in [4.69, 9.17) is 0 Å². The second kappa shape index (κ2) is 6.32. The fourth-order valence-electron chi connectivity index (χ4n) is 2.11.